The van der Waals surface area contributed by atoms with Gasteiger partial charge in [0.15, 0.2) is 17.5 Å². The Labute approximate surface area is 148 Å². The molecule has 0 amide bonds. The predicted octanol–water partition coefficient (Wildman–Crippen LogP) is 2.63. The molecule has 1 aliphatic heterocycles. The van der Waals surface area contributed by atoms with Gasteiger partial charge < -0.3 is 9.88 Å². The quantitative estimate of drug-likeness (QED) is 0.714. The van der Waals surface area contributed by atoms with Crippen LogP contribution in [0.15, 0.2) is 30.5 Å². The molecule has 8 heteroatoms. The van der Waals surface area contributed by atoms with Crippen LogP contribution in [-0.4, -0.2) is 37.9 Å². The van der Waals surface area contributed by atoms with E-state index in [0.717, 1.165) is 5.56 Å². The molecule has 26 heavy (non-hydrogen) atoms. The van der Waals surface area contributed by atoms with Crippen LogP contribution in [0, 0.1) is 22.8 Å². The van der Waals surface area contributed by atoms with Gasteiger partial charge >= 0.3 is 0 Å². The highest BCUT2D eigenvalue weighted by atomic mass is 19.1. The molecule has 4 rings (SSSR count). The Morgan fingerprint density at radius 2 is 2.12 bits per heavy atom. The van der Waals surface area contributed by atoms with Crippen LogP contribution in [0.25, 0.3) is 22.4 Å². The van der Waals surface area contributed by atoms with Crippen molar-refractivity contribution in [2.75, 3.05) is 13.1 Å². The number of aromatic nitrogens is 4. The highest BCUT2D eigenvalue weighted by Crippen LogP contribution is 2.34. The van der Waals surface area contributed by atoms with E-state index in [1.807, 2.05) is 12.3 Å². The van der Waals surface area contributed by atoms with Gasteiger partial charge in [0.2, 0.25) is 0 Å². The average Bonchev–Trinajstić information content (AvgIpc) is 3.12. The highest BCUT2D eigenvalue weighted by Gasteiger charge is 2.40. The molecule has 0 aliphatic carbocycles. The highest BCUT2D eigenvalue weighted by molar-refractivity contribution is 5.75. The summed E-state index contributed by atoms with van der Waals surface area (Å²) in [7, 11) is 0. The molecule has 7 nitrogen and oxygen atoms in total. The lowest BCUT2D eigenvalue weighted by molar-refractivity contribution is 0.0627. The molecule has 1 atom stereocenters. The number of alkyl halides is 1. The van der Waals surface area contributed by atoms with Crippen LogP contribution in [0.1, 0.15) is 24.4 Å². The Morgan fingerprint density at radius 1 is 1.23 bits per heavy atom. The largest absolute Gasteiger partial charge is 0.338 e. The van der Waals surface area contributed by atoms with Crippen molar-refractivity contribution in [2.45, 2.75) is 18.5 Å². The molecule has 4 heterocycles. The van der Waals surface area contributed by atoms with Crippen molar-refractivity contribution < 1.29 is 4.39 Å². The minimum atomic E-state index is -1.69. The third kappa shape index (κ3) is 2.72. The number of pyridine rings is 2. The lowest BCUT2D eigenvalue weighted by atomic mass is 9.94. The fourth-order valence-electron chi connectivity index (χ4n) is 3.21. The fraction of sp³-hybridized carbons (Fsp3) is 0.278. The van der Waals surface area contributed by atoms with Gasteiger partial charge in [-0.25, -0.2) is 19.3 Å². The van der Waals surface area contributed by atoms with Crippen LogP contribution in [0.3, 0.4) is 0 Å². The van der Waals surface area contributed by atoms with Gasteiger partial charge in [-0.15, -0.1) is 0 Å². The summed E-state index contributed by atoms with van der Waals surface area (Å²) in [4.78, 5) is 17.2. The molecular formula is C18H14FN7. The summed E-state index contributed by atoms with van der Waals surface area (Å²) in [5, 5.41) is 18.0. The first-order valence-electron chi connectivity index (χ1n) is 8.19. The summed E-state index contributed by atoms with van der Waals surface area (Å²) in [6.07, 6.45) is 4.46. The second-order valence-corrected chi connectivity index (χ2v) is 6.29. The van der Waals surface area contributed by atoms with Crippen LogP contribution < -0.4 is 0 Å². The van der Waals surface area contributed by atoms with E-state index in [9.17, 15) is 0 Å². The Hall–Kier alpha value is -3.52. The van der Waals surface area contributed by atoms with Gasteiger partial charge in [-0.3, -0.25) is 0 Å². The number of hydrogen-bond acceptors (Lipinski definition) is 6. The zero-order chi connectivity index (χ0) is 18.1. The molecule has 0 aromatic carbocycles. The second kappa shape index (κ2) is 6.08. The molecule has 1 N–H and O–H groups in total. The summed E-state index contributed by atoms with van der Waals surface area (Å²) in [5.74, 6) is 0.199. The Bertz CT molecular complexity index is 1060. The number of H-pyrrole nitrogens is 1. The van der Waals surface area contributed by atoms with Crippen molar-refractivity contribution >= 4 is 11.2 Å². The van der Waals surface area contributed by atoms with Crippen molar-refractivity contribution in [1.82, 2.24) is 24.8 Å². The Balaban J connectivity index is 1.72. The number of aromatic amines is 1. The lowest BCUT2D eigenvalue weighted by Crippen LogP contribution is -2.41. The maximum atomic E-state index is 15.3. The van der Waals surface area contributed by atoms with E-state index >= 15 is 4.39 Å². The first kappa shape index (κ1) is 16.0. The average molecular weight is 347 g/mol. The van der Waals surface area contributed by atoms with Crippen LogP contribution in [0.5, 0.6) is 0 Å². The van der Waals surface area contributed by atoms with Gasteiger partial charge in [0.1, 0.15) is 17.6 Å². The standard InChI is InChI=1S/C18H14FN7/c19-18(5-1-7-26(10-18)11-21)17-24-15-3-2-14(23-16(15)25-17)12-4-6-22-13(8-12)9-20/h2-4,6,8H,1,5,7,10H2,(H,23,24,25)/t18-/m1/s1. The van der Waals surface area contributed by atoms with Crippen molar-refractivity contribution in [3.63, 3.8) is 0 Å². The maximum Gasteiger partial charge on any atom is 0.186 e. The molecule has 0 radical (unpaired) electrons. The van der Waals surface area contributed by atoms with E-state index in [2.05, 4.69) is 19.9 Å². The number of nitrogens with zero attached hydrogens (tertiary/aromatic N) is 6. The molecular weight excluding hydrogens is 333 g/mol. The van der Waals surface area contributed by atoms with Crippen LogP contribution in [-0.2, 0) is 5.67 Å². The van der Waals surface area contributed by atoms with Gasteiger partial charge in [-0.1, -0.05) is 0 Å². The number of hydrogen-bond donors (Lipinski definition) is 1. The summed E-state index contributed by atoms with van der Waals surface area (Å²) in [6, 6.07) is 8.97. The smallest absolute Gasteiger partial charge is 0.186 e. The third-order valence-corrected chi connectivity index (χ3v) is 4.52. The molecule has 0 bridgehead atoms. The Morgan fingerprint density at radius 3 is 2.92 bits per heavy atom. The SMILES string of the molecule is N#Cc1cc(-c2ccc3[nH]c([C@@]4(F)CCCN(C#N)C4)nc3n2)ccn1. The number of fused-ring (bicyclic) bond motifs is 1. The molecule has 0 unspecified atom stereocenters. The van der Waals surface area contributed by atoms with Gasteiger partial charge in [0.25, 0.3) is 0 Å². The molecule has 1 fully saturated rings. The number of halogens is 1. The topological polar surface area (TPSA) is 105 Å². The number of piperidine rings is 1. The number of imidazole rings is 1. The predicted molar refractivity (Wildman–Crippen MR) is 91.0 cm³/mol. The van der Waals surface area contributed by atoms with Gasteiger partial charge in [0.05, 0.1) is 17.8 Å². The molecule has 128 valence electrons. The minimum Gasteiger partial charge on any atom is -0.338 e. The van der Waals surface area contributed by atoms with Crippen LogP contribution in [0.2, 0.25) is 0 Å². The van der Waals surface area contributed by atoms with E-state index in [1.165, 1.54) is 4.90 Å². The number of nitrogens with one attached hydrogen (secondary N) is 1. The molecule has 0 saturated carbocycles. The van der Waals surface area contributed by atoms with Crippen molar-refractivity contribution in [3.8, 4) is 23.5 Å². The normalized spacial score (nSPS) is 19.9. The third-order valence-electron chi connectivity index (χ3n) is 4.52. The number of likely N-dealkylation sites (tertiary alicyclic amines) is 1. The van der Waals surface area contributed by atoms with E-state index in [0.29, 0.717) is 41.9 Å². The number of rotatable bonds is 2. The van der Waals surface area contributed by atoms with Crippen LogP contribution in [0.4, 0.5) is 4.39 Å². The molecule has 1 saturated heterocycles. The zero-order valence-corrected chi connectivity index (χ0v) is 13.8. The van der Waals surface area contributed by atoms with E-state index in [-0.39, 0.29) is 12.4 Å². The first-order chi connectivity index (χ1) is 12.6. The van der Waals surface area contributed by atoms with Crippen molar-refractivity contribution in [3.05, 3.63) is 42.0 Å². The van der Waals surface area contributed by atoms with Gasteiger partial charge in [-0.05, 0) is 37.1 Å². The molecule has 3 aromatic heterocycles. The summed E-state index contributed by atoms with van der Waals surface area (Å²) in [6.45, 7) is 0.556. The fourth-order valence-corrected chi connectivity index (χ4v) is 3.21. The zero-order valence-electron chi connectivity index (χ0n) is 13.8. The van der Waals surface area contributed by atoms with Crippen molar-refractivity contribution in [1.29, 1.82) is 10.5 Å². The lowest BCUT2D eigenvalue weighted by Gasteiger charge is -2.32. The van der Waals surface area contributed by atoms with Gasteiger partial charge in [0, 0.05) is 18.3 Å². The first-order valence-corrected chi connectivity index (χ1v) is 8.19. The minimum absolute atomic E-state index is 0.00787. The summed E-state index contributed by atoms with van der Waals surface area (Å²) < 4.78 is 15.3. The van der Waals surface area contributed by atoms with E-state index < -0.39 is 5.67 Å². The number of nitriles is 2. The second-order valence-electron chi connectivity index (χ2n) is 6.29. The maximum absolute atomic E-state index is 15.3. The molecule has 1 aliphatic rings. The van der Waals surface area contributed by atoms with E-state index in [1.54, 1.807) is 30.5 Å². The molecule has 0 spiro atoms. The van der Waals surface area contributed by atoms with Crippen molar-refractivity contribution in [2.24, 2.45) is 0 Å². The Kier molecular flexibility index (Phi) is 3.74. The molecule has 3 aromatic rings. The van der Waals surface area contributed by atoms with E-state index in [4.69, 9.17) is 10.5 Å². The monoisotopic (exact) mass is 347 g/mol. The summed E-state index contributed by atoms with van der Waals surface area (Å²) >= 11 is 0. The van der Waals surface area contributed by atoms with Crippen LogP contribution >= 0.6 is 0 Å². The summed E-state index contributed by atoms with van der Waals surface area (Å²) in [5.41, 5.74) is 1.01. The van der Waals surface area contributed by atoms with Gasteiger partial charge in [-0.2, -0.15) is 10.5 Å².